The van der Waals surface area contributed by atoms with Gasteiger partial charge in [-0.25, -0.2) is 17.6 Å². The number of nitrogens with zero attached hydrogens (tertiary/aromatic N) is 5. The summed E-state index contributed by atoms with van der Waals surface area (Å²) in [7, 11) is 5.90. The third kappa shape index (κ3) is 10.2. The first-order valence-electron chi connectivity index (χ1n) is 21.9. The number of aryl methyl sites for hydroxylation is 1. The number of likely N-dealkylation sites (N-methyl/N-ethyl adjacent to an activating group) is 2. The third-order valence-corrected chi connectivity index (χ3v) is 12.3. The number of halogens is 4. The summed E-state index contributed by atoms with van der Waals surface area (Å²) >= 11 is 0. The minimum absolute atomic E-state index is 0.0690. The molecule has 2 aromatic heterocycles. The molecule has 1 aliphatic rings. The molecule has 0 aliphatic carbocycles. The van der Waals surface area contributed by atoms with Gasteiger partial charge >= 0.3 is 0 Å². The lowest BCUT2D eigenvalue weighted by Gasteiger charge is -2.38. The van der Waals surface area contributed by atoms with Crippen LogP contribution in [0.5, 0.6) is 0 Å². The predicted molar refractivity (Wildman–Crippen MR) is 254 cm³/mol. The Morgan fingerprint density at radius 2 is 1.24 bits per heavy atom. The van der Waals surface area contributed by atoms with Gasteiger partial charge in [0.1, 0.15) is 29.3 Å². The number of carbonyl (C=O) groups is 1. The molecule has 2 N–H and O–H groups in total. The van der Waals surface area contributed by atoms with Gasteiger partial charge < -0.3 is 24.7 Å². The number of nitriles is 1. The van der Waals surface area contributed by atoms with Crippen LogP contribution in [0.15, 0.2) is 134 Å². The fourth-order valence-corrected chi connectivity index (χ4v) is 8.51. The lowest BCUT2D eigenvalue weighted by Crippen LogP contribution is -2.46. The number of aromatic amines is 2. The summed E-state index contributed by atoms with van der Waals surface area (Å²) in [6.45, 7) is 6.62. The molecular weight excluding hydrogens is 839 g/mol. The van der Waals surface area contributed by atoms with E-state index in [1.54, 1.807) is 41.4 Å². The van der Waals surface area contributed by atoms with Crippen molar-refractivity contribution in [3.05, 3.63) is 190 Å². The highest BCUT2D eigenvalue weighted by molar-refractivity contribution is 5.94. The maximum absolute atomic E-state index is 15.3. The van der Waals surface area contributed by atoms with Crippen molar-refractivity contribution in [3.63, 3.8) is 0 Å². The Morgan fingerprint density at radius 3 is 1.89 bits per heavy atom. The highest BCUT2D eigenvalue weighted by Crippen LogP contribution is 2.36. The molecule has 1 fully saturated rings. The van der Waals surface area contributed by atoms with Crippen molar-refractivity contribution in [2.75, 3.05) is 60.4 Å². The van der Waals surface area contributed by atoms with Gasteiger partial charge in [-0.15, -0.1) is 0 Å². The summed E-state index contributed by atoms with van der Waals surface area (Å²) in [6.07, 6.45) is 3.66. The van der Waals surface area contributed by atoms with Crippen LogP contribution < -0.4 is 0 Å². The van der Waals surface area contributed by atoms with Crippen molar-refractivity contribution >= 4 is 27.7 Å². The van der Waals surface area contributed by atoms with Gasteiger partial charge in [0.2, 0.25) is 0 Å². The predicted octanol–water partition coefficient (Wildman–Crippen LogP) is 10.9. The van der Waals surface area contributed by atoms with Crippen LogP contribution in [0.2, 0.25) is 0 Å². The Labute approximate surface area is 382 Å². The average molecular weight is 890 g/mol. The Balaban J connectivity index is 0.000000180. The smallest absolute Gasteiger partial charge is 0.254 e. The van der Waals surface area contributed by atoms with Crippen LogP contribution >= 0.6 is 0 Å². The van der Waals surface area contributed by atoms with Crippen molar-refractivity contribution in [1.82, 2.24) is 29.6 Å². The fourth-order valence-electron chi connectivity index (χ4n) is 8.51. The molecule has 1 saturated heterocycles. The average Bonchev–Trinajstić information content (AvgIpc) is 3.92. The van der Waals surface area contributed by atoms with Crippen LogP contribution in [0.3, 0.4) is 0 Å². The molecule has 0 saturated carbocycles. The third-order valence-electron chi connectivity index (χ3n) is 12.3. The number of H-pyrrole nitrogens is 2. The summed E-state index contributed by atoms with van der Waals surface area (Å²) in [4.78, 5) is 27.6. The van der Waals surface area contributed by atoms with Gasteiger partial charge in [-0.2, -0.15) is 5.26 Å². The van der Waals surface area contributed by atoms with Gasteiger partial charge in [0.25, 0.3) is 5.91 Å². The summed E-state index contributed by atoms with van der Waals surface area (Å²) in [5, 5.41) is 11.3. The molecule has 66 heavy (non-hydrogen) atoms. The number of hydrogen-bond acceptors (Lipinski definition) is 5. The molecule has 1 amide bonds. The summed E-state index contributed by atoms with van der Waals surface area (Å²) in [5.41, 5.74) is 9.58. The highest BCUT2D eigenvalue weighted by atomic mass is 19.1. The Hall–Kier alpha value is -7.04. The van der Waals surface area contributed by atoms with E-state index in [4.69, 9.17) is 0 Å². The number of fused-ring (bicyclic) bond motifs is 2. The quantitative estimate of drug-likeness (QED) is 0.126. The van der Waals surface area contributed by atoms with E-state index in [0.717, 1.165) is 70.4 Å². The lowest BCUT2D eigenvalue weighted by atomic mass is 9.92. The van der Waals surface area contributed by atoms with Crippen LogP contribution in [-0.2, 0) is 6.54 Å². The molecule has 9 rings (SSSR count). The SMILES string of the molecule is CN(C)CCN(Cc1cc(-c2ccc3[nH]cc(C#N)c3c2)ccc1F)C(=O)c1ccc(F)cc1.Cc1c[nH]c2ccc(-c3ccc(F)c(C(c4ccc(F)cc4)N4CCN(C)CC4)c3)cc12. The van der Waals surface area contributed by atoms with Crippen LogP contribution in [0, 0.1) is 41.5 Å². The van der Waals surface area contributed by atoms with Gasteiger partial charge in [0.15, 0.2) is 0 Å². The molecule has 1 aliphatic heterocycles. The highest BCUT2D eigenvalue weighted by Gasteiger charge is 2.28. The molecule has 3 heterocycles. The first-order valence-corrected chi connectivity index (χ1v) is 21.9. The molecule has 1 atom stereocenters. The van der Waals surface area contributed by atoms with Gasteiger partial charge in [0.05, 0.1) is 11.6 Å². The van der Waals surface area contributed by atoms with E-state index in [-0.39, 0.29) is 30.1 Å². The first-order chi connectivity index (χ1) is 31.8. The van der Waals surface area contributed by atoms with Crippen LogP contribution in [-0.4, -0.2) is 95.9 Å². The number of nitrogens with one attached hydrogen (secondary N) is 2. The number of aromatic nitrogens is 2. The molecule has 336 valence electrons. The second-order valence-corrected chi connectivity index (χ2v) is 17.2. The Morgan fingerprint density at radius 1 is 0.682 bits per heavy atom. The molecular formula is C54H51F4N7O. The van der Waals surface area contributed by atoms with E-state index in [1.165, 1.54) is 53.4 Å². The van der Waals surface area contributed by atoms with Crippen molar-refractivity contribution in [2.45, 2.75) is 19.5 Å². The molecule has 1 unspecified atom stereocenters. The first kappa shape index (κ1) is 45.5. The topological polar surface area (TPSA) is 85.4 Å². The molecule has 8 aromatic rings. The largest absolute Gasteiger partial charge is 0.361 e. The Bertz CT molecular complexity index is 3020. The minimum atomic E-state index is -0.422. The molecule has 0 radical (unpaired) electrons. The zero-order valence-corrected chi connectivity index (χ0v) is 37.4. The summed E-state index contributed by atoms with van der Waals surface area (Å²) in [5.74, 6) is -1.64. The Kier molecular flexibility index (Phi) is 13.8. The number of hydrogen-bond donors (Lipinski definition) is 2. The summed E-state index contributed by atoms with van der Waals surface area (Å²) in [6, 6.07) is 35.9. The molecule has 12 heteroatoms. The van der Waals surface area contributed by atoms with Gasteiger partial charge in [-0.3, -0.25) is 9.69 Å². The van der Waals surface area contributed by atoms with Gasteiger partial charge in [-0.1, -0.05) is 36.4 Å². The van der Waals surface area contributed by atoms with E-state index in [2.05, 4.69) is 58.0 Å². The van der Waals surface area contributed by atoms with Gasteiger partial charge in [0, 0.05) is 96.7 Å². The van der Waals surface area contributed by atoms with Crippen LogP contribution in [0.4, 0.5) is 17.6 Å². The van der Waals surface area contributed by atoms with Crippen molar-refractivity contribution in [1.29, 1.82) is 5.26 Å². The van der Waals surface area contributed by atoms with Crippen molar-refractivity contribution in [2.24, 2.45) is 0 Å². The van der Waals surface area contributed by atoms with Crippen molar-refractivity contribution < 1.29 is 22.4 Å². The number of benzene rings is 6. The maximum Gasteiger partial charge on any atom is 0.254 e. The molecule has 8 nitrogen and oxygen atoms in total. The number of carbonyl (C=O) groups excluding carboxylic acids is 1. The van der Waals surface area contributed by atoms with Gasteiger partial charge in [-0.05, 0) is 146 Å². The lowest BCUT2D eigenvalue weighted by molar-refractivity contribution is 0.0730. The van der Waals surface area contributed by atoms with E-state index >= 15 is 4.39 Å². The second-order valence-electron chi connectivity index (χ2n) is 17.2. The zero-order valence-electron chi connectivity index (χ0n) is 37.4. The van der Waals surface area contributed by atoms with E-state index in [1.807, 2.05) is 55.5 Å². The normalized spacial score (nSPS) is 13.7. The molecule has 6 aromatic carbocycles. The zero-order chi connectivity index (χ0) is 46.5. The number of piperazine rings is 1. The summed E-state index contributed by atoms with van der Waals surface area (Å²) < 4.78 is 57.1. The fraction of sp³-hybridized carbons (Fsp3) is 0.222. The molecule has 0 spiro atoms. The van der Waals surface area contributed by atoms with E-state index in [0.29, 0.717) is 35.3 Å². The van der Waals surface area contributed by atoms with Crippen molar-refractivity contribution in [3.8, 4) is 28.3 Å². The van der Waals surface area contributed by atoms with Crippen LogP contribution in [0.25, 0.3) is 44.1 Å². The number of rotatable bonds is 11. The minimum Gasteiger partial charge on any atom is -0.361 e. The van der Waals surface area contributed by atoms with E-state index in [9.17, 15) is 23.2 Å². The van der Waals surface area contributed by atoms with Crippen LogP contribution in [0.1, 0.15) is 44.2 Å². The van der Waals surface area contributed by atoms with E-state index < -0.39 is 11.6 Å². The maximum atomic E-state index is 15.3. The monoisotopic (exact) mass is 889 g/mol. The second kappa shape index (κ2) is 20.0. The standard InChI is InChI=1S/C27H24F2N4O.C27H27F2N3/c1-32(2)11-12-33(27(34)18-3-7-23(28)8-4-18)17-21-13-19(5-9-25(21)29)20-6-10-26-24(14-20)22(15-30)16-31-26;1-18-17-30-26-10-6-21(15-23(18)26)20-5-9-25(29)24(16-20)27(19-3-7-22(28)8-4-19)32-13-11-31(2)12-14-32/h3-10,13-14,16,31H,11-12,17H2,1-2H3;3-10,15-17,27,30H,11-14H2,1-2H3. The molecule has 0 bridgehead atoms. The number of amides is 1.